The van der Waals surface area contributed by atoms with Crippen molar-refractivity contribution in [2.24, 2.45) is 5.92 Å². The van der Waals surface area contributed by atoms with Crippen LogP contribution >= 0.6 is 0 Å². The van der Waals surface area contributed by atoms with Gasteiger partial charge >= 0.3 is 0 Å². The number of rotatable bonds is 2. The van der Waals surface area contributed by atoms with E-state index < -0.39 is 0 Å². The third-order valence-electron chi connectivity index (χ3n) is 4.08. The van der Waals surface area contributed by atoms with Crippen LogP contribution in [0.3, 0.4) is 0 Å². The summed E-state index contributed by atoms with van der Waals surface area (Å²) >= 11 is 0. The standard InChI is InChI=1S/C13H16N4O/c1-8-5-10-3-4-13(8,6-10)11-14-7-15-12(17-11)16-9(2)18/h5,7,10H,3-4,6H2,1-2H3,(H,14,15,16,17,18). The molecule has 1 aromatic rings. The molecule has 1 aromatic heterocycles. The molecule has 2 aliphatic rings. The van der Waals surface area contributed by atoms with E-state index in [2.05, 4.69) is 33.3 Å². The minimum atomic E-state index is -0.160. The van der Waals surface area contributed by atoms with E-state index in [0.29, 0.717) is 11.9 Å². The van der Waals surface area contributed by atoms with Gasteiger partial charge in [0.2, 0.25) is 11.9 Å². The number of allylic oxidation sites excluding steroid dienone is 2. The Morgan fingerprint density at radius 3 is 2.94 bits per heavy atom. The van der Waals surface area contributed by atoms with E-state index in [0.717, 1.165) is 18.7 Å². The molecule has 2 aliphatic carbocycles. The van der Waals surface area contributed by atoms with E-state index in [1.165, 1.54) is 25.2 Å². The number of hydrogen-bond acceptors (Lipinski definition) is 4. The number of fused-ring (bicyclic) bond motifs is 2. The van der Waals surface area contributed by atoms with Crippen molar-refractivity contribution in [2.75, 3.05) is 5.32 Å². The average molecular weight is 244 g/mol. The molecule has 2 atom stereocenters. The first-order valence-corrected chi connectivity index (χ1v) is 6.26. The summed E-state index contributed by atoms with van der Waals surface area (Å²) in [5, 5.41) is 2.62. The van der Waals surface area contributed by atoms with Gasteiger partial charge in [0.25, 0.3) is 0 Å². The molecule has 1 saturated carbocycles. The fraction of sp³-hybridized carbons (Fsp3) is 0.538. The highest BCUT2D eigenvalue weighted by molar-refractivity contribution is 5.86. The van der Waals surface area contributed by atoms with Crippen molar-refractivity contribution in [3.05, 3.63) is 23.8 Å². The van der Waals surface area contributed by atoms with E-state index in [9.17, 15) is 4.79 Å². The molecule has 0 aliphatic heterocycles. The van der Waals surface area contributed by atoms with Gasteiger partial charge in [0.05, 0.1) is 5.41 Å². The predicted molar refractivity (Wildman–Crippen MR) is 66.9 cm³/mol. The summed E-state index contributed by atoms with van der Waals surface area (Å²) in [6, 6.07) is 0. The lowest BCUT2D eigenvalue weighted by atomic mass is 9.80. The predicted octanol–water partition coefficient (Wildman–Crippen LogP) is 1.83. The Labute approximate surface area is 106 Å². The first-order valence-electron chi connectivity index (χ1n) is 6.26. The number of nitrogens with zero attached hydrogens (tertiary/aromatic N) is 3. The monoisotopic (exact) mass is 244 g/mol. The molecule has 5 nitrogen and oxygen atoms in total. The summed E-state index contributed by atoms with van der Waals surface area (Å²) in [6.07, 6.45) is 7.23. The van der Waals surface area contributed by atoms with Gasteiger partial charge in [-0.15, -0.1) is 0 Å². The van der Waals surface area contributed by atoms with Crippen LogP contribution in [0.5, 0.6) is 0 Å². The van der Waals surface area contributed by atoms with E-state index in [1.807, 2.05) is 0 Å². The Morgan fingerprint density at radius 2 is 2.33 bits per heavy atom. The highest BCUT2D eigenvalue weighted by Gasteiger charge is 2.48. The molecule has 1 fully saturated rings. The van der Waals surface area contributed by atoms with Crippen LogP contribution in [0.15, 0.2) is 18.0 Å². The molecule has 94 valence electrons. The normalized spacial score (nSPS) is 29.2. The molecular formula is C13H16N4O. The van der Waals surface area contributed by atoms with Crippen LogP contribution in [0.25, 0.3) is 0 Å². The molecule has 2 unspecified atom stereocenters. The van der Waals surface area contributed by atoms with Crippen LogP contribution in [0.4, 0.5) is 5.95 Å². The van der Waals surface area contributed by atoms with Gasteiger partial charge in [-0.1, -0.05) is 11.6 Å². The summed E-state index contributed by atoms with van der Waals surface area (Å²) in [6.45, 7) is 3.61. The Bertz CT molecular complexity index is 540. The average Bonchev–Trinajstić information content (AvgIpc) is 2.86. The zero-order chi connectivity index (χ0) is 12.8. The highest BCUT2D eigenvalue weighted by Crippen LogP contribution is 2.53. The van der Waals surface area contributed by atoms with E-state index in [-0.39, 0.29) is 11.3 Å². The lowest BCUT2D eigenvalue weighted by Gasteiger charge is -2.26. The minimum Gasteiger partial charge on any atom is -0.295 e. The number of carbonyl (C=O) groups excluding carboxylic acids is 1. The molecule has 18 heavy (non-hydrogen) atoms. The molecule has 1 heterocycles. The molecular weight excluding hydrogens is 228 g/mol. The Kier molecular flexibility index (Phi) is 2.43. The van der Waals surface area contributed by atoms with Crippen molar-refractivity contribution in [3.63, 3.8) is 0 Å². The number of amides is 1. The topological polar surface area (TPSA) is 67.8 Å². The molecule has 3 rings (SSSR count). The number of hydrogen-bond donors (Lipinski definition) is 1. The van der Waals surface area contributed by atoms with Crippen molar-refractivity contribution in [1.82, 2.24) is 15.0 Å². The van der Waals surface area contributed by atoms with E-state index in [1.54, 1.807) is 0 Å². The smallest absolute Gasteiger partial charge is 0.232 e. The van der Waals surface area contributed by atoms with Crippen LogP contribution in [-0.2, 0) is 10.2 Å². The van der Waals surface area contributed by atoms with Gasteiger partial charge < -0.3 is 0 Å². The largest absolute Gasteiger partial charge is 0.295 e. The Hall–Kier alpha value is -1.78. The number of anilines is 1. The lowest BCUT2D eigenvalue weighted by molar-refractivity contribution is -0.114. The van der Waals surface area contributed by atoms with E-state index >= 15 is 0 Å². The molecule has 1 amide bonds. The molecule has 0 radical (unpaired) electrons. The number of aromatic nitrogens is 3. The fourth-order valence-electron chi connectivity index (χ4n) is 3.22. The van der Waals surface area contributed by atoms with Crippen LogP contribution in [0.2, 0.25) is 0 Å². The Morgan fingerprint density at radius 1 is 1.50 bits per heavy atom. The minimum absolute atomic E-state index is 0.0131. The van der Waals surface area contributed by atoms with Crippen molar-refractivity contribution >= 4 is 11.9 Å². The summed E-state index contributed by atoms with van der Waals surface area (Å²) in [4.78, 5) is 23.8. The summed E-state index contributed by atoms with van der Waals surface area (Å²) < 4.78 is 0. The van der Waals surface area contributed by atoms with Gasteiger partial charge in [0, 0.05) is 6.92 Å². The van der Waals surface area contributed by atoms with Crippen LogP contribution < -0.4 is 5.32 Å². The van der Waals surface area contributed by atoms with Gasteiger partial charge in [0.15, 0.2) is 0 Å². The second-order valence-corrected chi connectivity index (χ2v) is 5.25. The maximum atomic E-state index is 11.0. The van der Waals surface area contributed by atoms with Gasteiger partial charge in [0.1, 0.15) is 12.2 Å². The maximum Gasteiger partial charge on any atom is 0.232 e. The maximum absolute atomic E-state index is 11.0. The number of carbonyl (C=O) groups is 1. The van der Waals surface area contributed by atoms with Crippen LogP contribution in [0.1, 0.15) is 38.9 Å². The van der Waals surface area contributed by atoms with Gasteiger partial charge in [-0.05, 0) is 32.1 Å². The van der Waals surface area contributed by atoms with Crippen LogP contribution in [0, 0.1) is 5.92 Å². The fourth-order valence-corrected chi connectivity index (χ4v) is 3.22. The van der Waals surface area contributed by atoms with Gasteiger partial charge in [-0.25, -0.2) is 9.97 Å². The van der Waals surface area contributed by atoms with Crippen molar-refractivity contribution in [2.45, 2.75) is 38.5 Å². The molecule has 5 heteroatoms. The molecule has 0 aromatic carbocycles. The second kappa shape index (κ2) is 3.86. The second-order valence-electron chi connectivity index (χ2n) is 5.25. The molecule has 0 spiro atoms. The zero-order valence-corrected chi connectivity index (χ0v) is 10.6. The summed E-state index contributed by atoms with van der Waals surface area (Å²) in [7, 11) is 0. The number of nitrogens with one attached hydrogen (secondary N) is 1. The zero-order valence-electron chi connectivity index (χ0n) is 10.6. The first kappa shape index (κ1) is 11.3. The third-order valence-corrected chi connectivity index (χ3v) is 4.08. The van der Waals surface area contributed by atoms with Gasteiger partial charge in [-0.3, -0.25) is 10.1 Å². The SMILES string of the molecule is CC(=O)Nc1ncnc(C23CCC(C=C2C)C3)n1. The Balaban J connectivity index is 1.98. The van der Waals surface area contributed by atoms with Crippen molar-refractivity contribution < 1.29 is 4.79 Å². The lowest BCUT2D eigenvalue weighted by Crippen LogP contribution is -2.26. The first-order chi connectivity index (χ1) is 8.60. The summed E-state index contributed by atoms with van der Waals surface area (Å²) in [5.74, 6) is 1.67. The van der Waals surface area contributed by atoms with E-state index in [4.69, 9.17) is 0 Å². The molecule has 0 saturated heterocycles. The van der Waals surface area contributed by atoms with Crippen molar-refractivity contribution in [1.29, 1.82) is 0 Å². The highest BCUT2D eigenvalue weighted by atomic mass is 16.1. The van der Waals surface area contributed by atoms with Crippen molar-refractivity contribution in [3.8, 4) is 0 Å². The molecule has 1 N–H and O–H groups in total. The summed E-state index contributed by atoms with van der Waals surface area (Å²) in [5.41, 5.74) is 1.35. The third kappa shape index (κ3) is 1.62. The van der Waals surface area contributed by atoms with Gasteiger partial charge in [-0.2, -0.15) is 4.98 Å². The van der Waals surface area contributed by atoms with Crippen LogP contribution in [-0.4, -0.2) is 20.9 Å². The quantitative estimate of drug-likeness (QED) is 0.806. The molecule has 2 bridgehead atoms.